The molecule has 0 bridgehead atoms. The fourth-order valence-electron chi connectivity index (χ4n) is 0.217. The molecule has 5 heteroatoms. The van der Waals surface area contributed by atoms with Crippen LogP contribution in [0.5, 0.6) is 0 Å². The molecule has 0 aliphatic heterocycles. The Morgan fingerprint density at radius 3 is 2.22 bits per heavy atom. The van der Waals surface area contributed by atoms with Gasteiger partial charge in [-0.3, -0.25) is 4.89 Å². The molecule has 0 aromatic carbocycles. The Bertz CT molecular complexity index is 108. The maximum Gasteiger partial charge on any atom is 0.400 e. The van der Waals surface area contributed by atoms with Crippen molar-refractivity contribution in [2.24, 2.45) is 0 Å². The third-order valence-corrected chi connectivity index (χ3v) is 0.903. The van der Waals surface area contributed by atoms with Crippen molar-refractivity contribution in [3.05, 3.63) is 0 Å². The first kappa shape index (κ1) is 8.35. The SMILES string of the molecule is CCC(O)(O)C(=O)OO. The lowest BCUT2D eigenvalue weighted by atomic mass is 10.2. The van der Waals surface area contributed by atoms with Gasteiger partial charge in [0.2, 0.25) is 0 Å². The van der Waals surface area contributed by atoms with E-state index in [0.717, 1.165) is 0 Å². The molecule has 0 rings (SSSR count). The molecule has 0 spiro atoms. The highest BCUT2D eigenvalue weighted by atomic mass is 17.1. The standard InChI is InChI=1S/C4H8O5/c1-2-4(6,7)3(5)9-8/h6-8H,2H2,1H3. The smallest absolute Gasteiger partial charge is 0.357 e. The predicted molar refractivity (Wildman–Crippen MR) is 26.2 cm³/mol. The first-order valence-corrected chi connectivity index (χ1v) is 2.35. The summed E-state index contributed by atoms with van der Waals surface area (Å²) in [7, 11) is 0. The zero-order valence-electron chi connectivity index (χ0n) is 4.87. The van der Waals surface area contributed by atoms with Crippen LogP contribution in [0.15, 0.2) is 0 Å². The molecule has 3 N–H and O–H groups in total. The fourth-order valence-corrected chi connectivity index (χ4v) is 0.217. The van der Waals surface area contributed by atoms with Crippen LogP contribution in [0.2, 0.25) is 0 Å². The van der Waals surface area contributed by atoms with E-state index < -0.39 is 11.8 Å². The highest BCUT2D eigenvalue weighted by molar-refractivity contribution is 5.76. The van der Waals surface area contributed by atoms with Crippen LogP contribution in [0.1, 0.15) is 13.3 Å². The lowest BCUT2D eigenvalue weighted by Crippen LogP contribution is -2.38. The molecule has 0 aromatic rings. The highest BCUT2D eigenvalue weighted by Crippen LogP contribution is 2.05. The van der Waals surface area contributed by atoms with E-state index in [-0.39, 0.29) is 6.42 Å². The predicted octanol–water partition coefficient (Wildman–Crippen LogP) is -0.907. The van der Waals surface area contributed by atoms with Gasteiger partial charge in [0.05, 0.1) is 0 Å². The van der Waals surface area contributed by atoms with E-state index in [1.165, 1.54) is 6.92 Å². The molecule has 54 valence electrons. The zero-order chi connectivity index (χ0) is 7.49. The summed E-state index contributed by atoms with van der Waals surface area (Å²) < 4.78 is 0. The molecule has 0 unspecified atom stereocenters. The van der Waals surface area contributed by atoms with Gasteiger partial charge in [0.15, 0.2) is 0 Å². The van der Waals surface area contributed by atoms with Gasteiger partial charge in [-0.1, -0.05) is 6.92 Å². The average Bonchev–Trinajstić information content (AvgIpc) is 1.86. The van der Waals surface area contributed by atoms with E-state index in [4.69, 9.17) is 15.5 Å². The maximum atomic E-state index is 10.1. The van der Waals surface area contributed by atoms with E-state index in [2.05, 4.69) is 4.89 Å². The molecule has 0 heterocycles. The molecule has 0 fully saturated rings. The van der Waals surface area contributed by atoms with Crippen LogP contribution in [0.3, 0.4) is 0 Å². The number of carbonyl (C=O) groups excluding carboxylic acids is 1. The van der Waals surface area contributed by atoms with Gasteiger partial charge >= 0.3 is 5.97 Å². The van der Waals surface area contributed by atoms with Crippen LogP contribution in [0.4, 0.5) is 0 Å². The Labute approximate surface area is 51.4 Å². The number of hydrogen-bond donors (Lipinski definition) is 3. The topological polar surface area (TPSA) is 87.0 Å². The van der Waals surface area contributed by atoms with Crippen molar-refractivity contribution in [2.75, 3.05) is 0 Å². The summed E-state index contributed by atoms with van der Waals surface area (Å²) in [4.78, 5) is 13.2. The van der Waals surface area contributed by atoms with Gasteiger partial charge in [0.1, 0.15) is 0 Å². The van der Waals surface area contributed by atoms with E-state index in [1.807, 2.05) is 0 Å². The third-order valence-electron chi connectivity index (χ3n) is 0.903. The molecule has 0 radical (unpaired) electrons. The zero-order valence-corrected chi connectivity index (χ0v) is 4.87. The first-order chi connectivity index (χ1) is 4.04. The second kappa shape index (κ2) is 2.77. The van der Waals surface area contributed by atoms with Gasteiger partial charge in [0, 0.05) is 6.42 Å². The van der Waals surface area contributed by atoms with Crippen molar-refractivity contribution >= 4 is 5.97 Å². The minimum absolute atomic E-state index is 0.230. The highest BCUT2D eigenvalue weighted by Gasteiger charge is 2.33. The summed E-state index contributed by atoms with van der Waals surface area (Å²) in [6.45, 7) is 1.36. The molecular formula is C4H8O5. The van der Waals surface area contributed by atoms with E-state index >= 15 is 0 Å². The minimum atomic E-state index is -2.56. The first-order valence-electron chi connectivity index (χ1n) is 2.35. The third kappa shape index (κ3) is 1.96. The molecule has 0 aromatic heterocycles. The van der Waals surface area contributed by atoms with Gasteiger partial charge in [0.25, 0.3) is 5.79 Å². The van der Waals surface area contributed by atoms with E-state index in [9.17, 15) is 4.79 Å². The molecule has 0 saturated heterocycles. The van der Waals surface area contributed by atoms with Crippen LogP contribution in [0.25, 0.3) is 0 Å². The monoisotopic (exact) mass is 136 g/mol. The Morgan fingerprint density at radius 2 is 2.11 bits per heavy atom. The molecule has 0 saturated carbocycles. The second-order valence-electron chi connectivity index (χ2n) is 1.55. The lowest BCUT2D eigenvalue weighted by Gasteiger charge is -2.13. The lowest BCUT2D eigenvalue weighted by molar-refractivity contribution is -0.277. The second-order valence-corrected chi connectivity index (χ2v) is 1.55. The molecule has 9 heavy (non-hydrogen) atoms. The summed E-state index contributed by atoms with van der Waals surface area (Å²) in [6.07, 6.45) is -0.230. The maximum absolute atomic E-state index is 10.1. The van der Waals surface area contributed by atoms with Gasteiger partial charge in [-0.2, -0.15) is 5.26 Å². The van der Waals surface area contributed by atoms with Crippen LogP contribution >= 0.6 is 0 Å². The normalized spacial score (nSPS) is 11.1. The van der Waals surface area contributed by atoms with Gasteiger partial charge < -0.3 is 10.2 Å². The Morgan fingerprint density at radius 1 is 1.67 bits per heavy atom. The Kier molecular flexibility index (Phi) is 2.57. The van der Waals surface area contributed by atoms with Gasteiger partial charge in [-0.05, 0) is 0 Å². The quantitative estimate of drug-likeness (QED) is 0.260. The van der Waals surface area contributed by atoms with Crippen molar-refractivity contribution < 1.29 is 25.2 Å². The average molecular weight is 136 g/mol. The summed E-state index contributed by atoms with van der Waals surface area (Å²) in [5, 5.41) is 24.7. The van der Waals surface area contributed by atoms with Crippen molar-refractivity contribution in [3.63, 3.8) is 0 Å². The molecule has 0 atom stereocenters. The molecule has 0 amide bonds. The minimum Gasteiger partial charge on any atom is -0.357 e. The fraction of sp³-hybridized carbons (Fsp3) is 0.750. The van der Waals surface area contributed by atoms with Crippen LogP contribution < -0.4 is 0 Å². The van der Waals surface area contributed by atoms with Crippen molar-refractivity contribution in [1.29, 1.82) is 0 Å². The summed E-state index contributed by atoms with van der Waals surface area (Å²) >= 11 is 0. The van der Waals surface area contributed by atoms with Gasteiger partial charge in [-0.15, -0.1) is 0 Å². The van der Waals surface area contributed by atoms with Crippen molar-refractivity contribution in [1.82, 2.24) is 0 Å². The largest absolute Gasteiger partial charge is 0.400 e. The number of rotatable bonds is 2. The summed E-state index contributed by atoms with van der Waals surface area (Å²) in [5.74, 6) is -4.03. The van der Waals surface area contributed by atoms with Crippen molar-refractivity contribution in [3.8, 4) is 0 Å². The summed E-state index contributed by atoms with van der Waals surface area (Å²) in [5.41, 5.74) is 0. The number of hydrogen-bond acceptors (Lipinski definition) is 5. The molecule has 0 aliphatic rings. The van der Waals surface area contributed by atoms with Crippen LogP contribution in [-0.2, 0) is 9.68 Å². The van der Waals surface area contributed by atoms with Crippen molar-refractivity contribution in [2.45, 2.75) is 19.1 Å². The van der Waals surface area contributed by atoms with Crippen LogP contribution in [0, 0.1) is 0 Å². The number of aliphatic hydroxyl groups is 2. The Balaban J connectivity index is 3.97. The van der Waals surface area contributed by atoms with Crippen LogP contribution in [-0.4, -0.2) is 27.2 Å². The molecular weight excluding hydrogens is 128 g/mol. The molecule has 5 nitrogen and oxygen atoms in total. The summed E-state index contributed by atoms with van der Waals surface area (Å²) in [6, 6.07) is 0. The van der Waals surface area contributed by atoms with E-state index in [0.29, 0.717) is 0 Å². The molecule has 0 aliphatic carbocycles. The van der Waals surface area contributed by atoms with Gasteiger partial charge in [-0.25, -0.2) is 4.79 Å². The Hall–Kier alpha value is -0.650. The number of carbonyl (C=O) groups is 1. The van der Waals surface area contributed by atoms with E-state index in [1.54, 1.807) is 0 Å².